The molecule has 2 rings (SSSR count). The van der Waals surface area contributed by atoms with Gasteiger partial charge in [-0.1, -0.05) is 0 Å². The lowest BCUT2D eigenvalue weighted by Crippen LogP contribution is -2.47. The molecule has 0 spiro atoms. The molecule has 1 amide bonds. The van der Waals surface area contributed by atoms with E-state index in [1.807, 2.05) is 0 Å². The number of hydrogen-bond donors (Lipinski definition) is 2. The van der Waals surface area contributed by atoms with Crippen molar-refractivity contribution in [3.8, 4) is 0 Å². The van der Waals surface area contributed by atoms with Crippen molar-refractivity contribution in [2.45, 2.75) is 37.3 Å². The molecule has 1 heterocycles. The maximum Gasteiger partial charge on any atom is 0.329 e. The first kappa shape index (κ1) is 9.45. The van der Waals surface area contributed by atoms with Crippen LogP contribution in [0.5, 0.6) is 0 Å². The van der Waals surface area contributed by atoms with Crippen LogP contribution >= 0.6 is 0 Å². The zero-order valence-corrected chi connectivity index (χ0v) is 7.78. The number of carboxylic acids is 1. The molecule has 0 aromatic carbocycles. The minimum atomic E-state index is -0.983. The van der Waals surface area contributed by atoms with E-state index < -0.39 is 17.6 Å². The van der Waals surface area contributed by atoms with Gasteiger partial charge < -0.3 is 15.2 Å². The highest BCUT2D eigenvalue weighted by molar-refractivity contribution is 5.91. The summed E-state index contributed by atoms with van der Waals surface area (Å²) in [4.78, 5) is 22.3. The average Bonchev–Trinajstić information content (AvgIpc) is 2.74. The third kappa shape index (κ3) is 1.59. The van der Waals surface area contributed by atoms with E-state index in [0.717, 1.165) is 6.42 Å². The van der Waals surface area contributed by atoms with Gasteiger partial charge in [0.25, 0.3) is 0 Å². The van der Waals surface area contributed by atoms with Crippen LogP contribution in [0.2, 0.25) is 0 Å². The molecule has 1 saturated heterocycles. The number of carbonyl (C=O) groups excluding carboxylic acids is 1. The molecule has 0 unspecified atom stereocenters. The number of hydrogen-bond acceptors (Lipinski definition) is 3. The van der Waals surface area contributed by atoms with Crippen molar-refractivity contribution in [2.24, 2.45) is 0 Å². The number of nitrogens with one attached hydrogen (secondary N) is 1. The Kier molecular flexibility index (Phi) is 2.19. The lowest BCUT2D eigenvalue weighted by atomic mass is 10.2. The van der Waals surface area contributed by atoms with Gasteiger partial charge in [0, 0.05) is 6.61 Å². The molecule has 1 saturated carbocycles. The molecule has 0 aromatic rings. The third-order valence-electron chi connectivity index (χ3n) is 2.74. The second kappa shape index (κ2) is 3.24. The lowest BCUT2D eigenvalue weighted by Gasteiger charge is -2.15. The first-order valence-corrected chi connectivity index (χ1v) is 4.81. The van der Waals surface area contributed by atoms with Crippen molar-refractivity contribution in [1.29, 1.82) is 0 Å². The summed E-state index contributed by atoms with van der Waals surface area (Å²) in [5, 5.41) is 11.4. The number of amides is 1. The summed E-state index contributed by atoms with van der Waals surface area (Å²) in [5.74, 6) is -1.22. The molecule has 2 N–H and O–H groups in total. The Morgan fingerprint density at radius 3 is 2.57 bits per heavy atom. The Balaban J connectivity index is 1.91. The van der Waals surface area contributed by atoms with E-state index in [1.54, 1.807) is 0 Å². The first-order chi connectivity index (χ1) is 6.64. The Hall–Kier alpha value is -1.10. The highest BCUT2D eigenvalue weighted by Crippen LogP contribution is 2.35. The van der Waals surface area contributed by atoms with Crippen LogP contribution in [0.4, 0.5) is 0 Å². The van der Waals surface area contributed by atoms with E-state index in [-0.39, 0.29) is 5.91 Å². The van der Waals surface area contributed by atoms with Crippen LogP contribution in [-0.2, 0) is 14.3 Å². The quantitative estimate of drug-likeness (QED) is 0.665. The molecule has 5 nitrogen and oxygen atoms in total. The average molecular weight is 199 g/mol. The van der Waals surface area contributed by atoms with Crippen LogP contribution < -0.4 is 5.32 Å². The number of carboxylic acid groups (broad SMARTS) is 1. The zero-order chi connectivity index (χ0) is 10.2. The zero-order valence-electron chi connectivity index (χ0n) is 7.78. The van der Waals surface area contributed by atoms with Crippen LogP contribution in [0.1, 0.15) is 25.7 Å². The van der Waals surface area contributed by atoms with E-state index in [4.69, 9.17) is 9.84 Å². The molecule has 78 valence electrons. The van der Waals surface area contributed by atoms with E-state index >= 15 is 0 Å². The fraction of sp³-hybridized carbons (Fsp3) is 0.778. The van der Waals surface area contributed by atoms with Crippen molar-refractivity contribution >= 4 is 11.9 Å². The van der Waals surface area contributed by atoms with E-state index in [9.17, 15) is 9.59 Å². The molecule has 2 fully saturated rings. The number of rotatable bonds is 3. The number of aliphatic carboxylic acids is 1. The van der Waals surface area contributed by atoms with Gasteiger partial charge in [0.1, 0.15) is 11.6 Å². The Bertz CT molecular complexity index is 266. The van der Waals surface area contributed by atoms with Crippen molar-refractivity contribution in [2.75, 3.05) is 6.61 Å². The van der Waals surface area contributed by atoms with Gasteiger partial charge in [-0.2, -0.15) is 0 Å². The standard InChI is InChI=1S/C9H13NO4/c11-7(6-2-1-5-14-6)10-9(3-4-9)8(12)13/h6H,1-5H2,(H,10,11)(H,12,13)/t6-/m1/s1. The molecule has 0 radical (unpaired) electrons. The van der Waals surface area contributed by atoms with Crippen LogP contribution in [0, 0.1) is 0 Å². The SMILES string of the molecule is O=C(NC1(C(=O)O)CC1)[C@H]1CCCO1. The van der Waals surface area contributed by atoms with Crippen LogP contribution in [0.3, 0.4) is 0 Å². The van der Waals surface area contributed by atoms with Gasteiger partial charge in [0.15, 0.2) is 0 Å². The smallest absolute Gasteiger partial charge is 0.329 e. The van der Waals surface area contributed by atoms with Gasteiger partial charge >= 0.3 is 5.97 Å². The summed E-state index contributed by atoms with van der Waals surface area (Å²) >= 11 is 0. The number of ether oxygens (including phenoxy) is 1. The van der Waals surface area contributed by atoms with E-state index in [0.29, 0.717) is 25.9 Å². The second-order valence-corrected chi connectivity index (χ2v) is 3.88. The Labute approximate surface area is 81.4 Å². The largest absolute Gasteiger partial charge is 0.480 e. The minimum Gasteiger partial charge on any atom is -0.480 e. The molecule has 1 atom stereocenters. The highest BCUT2D eigenvalue weighted by atomic mass is 16.5. The molecule has 0 aromatic heterocycles. The number of carbonyl (C=O) groups is 2. The predicted octanol–water partition coefficient (Wildman–Crippen LogP) is -0.101. The molecular formula is C9H13NO4. The monoisotopic (exact) mass is 199 g/mol. The van der Waals surface area contributed by atoms with Crippen molar-refractivity contribution < 1.29 is 19.4 Å². The molecule has 1 aliphatic carbocycles. The minimum absolute atomic E-state index is 0.276. The summed E-state index contributed by atoms with van der Waals surface area (Å²) in [6, 6.07) is 0. The molecule has 1 aliphatic heterocycles. The van der Waals surface area contributed by atoms with Crippen LogP contribution in [-0.4, -0.2) is 35.2 Å². The molecule has 14 heavy (non-hydrogen) atoms. The maximum absolute atomic E-state index is 11.5. The summed E-state index contributed by atoms with van der Waals surface area (Å²) in [6.07, 6.45) is 2.19. The van der Waals surface area contributed by atoms with Gasteiger partial charge in [-0.15, -0.1) is 0 Å². The second-order valence-electron chi connectivity index (χ2n) is 3.88. The fourth-order valence-electron chi connectivity index (χ4n) is 1.62. The van der Waals surface area contributed by atoms with Crippen LogP contribution in [0.25, 0.3) is 0 Å². The Morgan fingerprint density at radius 2 is 2.14 bits per heavy atom. The highest BCUT2D eigenvalue weighted by Gasteiger charge is 2.52. The topological polar surface area (TPSA) is 75.6 Å². The fourth-order valence-corrected chi connectivity index (χ4v) is 1.62. The summed E-state index contributed by atoms with van der Waals surface area (Å²) in [6.45, 7) is 0.595. The maximum atomic E-state index is 11.5. The van der Waals surface area contributed by atoms with Gasteiger partial charge in [0.05, 0.1) is 0 Å². The predicted molar refractivity (Wildman–Crippen MR) is 46.7 cm³/mol. The third-order valence-corrected chi connectivity index (χ3v) is 2.74. The molecule has 0 bridgehead atoms. The molecule has 5 heteroatoms. The Morgan fingerprint density at radius 1 is 1.43 bits per heavy atom. The van der Waals surface area contributed by atoms with Crippen molar-refractivity contribution in [1.82, 2.24) is 5.32 Å². The summed E-state index contributed by atoms with van der Waals surface area (Å²) in [5.41, 5.74) is -0.983. The van der Waals surface area contributed by atoms with Gasteiger partial charge in [-0.25, -0.2) is 4.79 Å². The summed E-state index contributed by atoms with van der Waals surface area (Å²) < 4.78 is 5.16. The van der Waals surface area contributed by atoms with Gasteiger partial charge in [-0.05, 0) is 25.7 Å². The summed E-state index contributed by atoms with van der Waals surface area (Å²) in [7, 11) is 0. The lowest BCUT2D eigenvalue weighted by molar-refractivity contribution is -0.144. The van der Waals surface area contributed by atoms with E-state index in [1.165, 1.54) is 0 Å². The van der Waals surface area contributed by atoms with E-state index in [2.05, 4.69) is 5.32 Å². The first-order valence-electron chi connectivity index (χ1n) is 4.81. The molecule has 2 aliphatic rings. The van der Waals surface area contributed by atoms with Crippen molar-refractivity contribution in [3.05, 3.63) is 0 Å². The van der Waals surface area contributed by atoms with Gasteiger partial charge in [0.2, 0.25) is 5.91 Å². The normalized spacial score (nSPS) is 28.4. The molecular weight excluding hydrogens is 186 g/mol. The van der Waals surface area contributed by atoms with Crippen LogP contribution in [0.15, 0.2) is 0 Å². The van der Waals surface area contributed by atoms with Crippen molar-refractivity contribution in [3.63, 3.8) is 0 Å². The van der Waals surface area contributed by atoms with Gasteiger partial charge in [-0.3, -0.25) is 4.79 Å².